The molecule has 232 valence electrons. The number of hydrogen-bond acceptors (Lipinski definition) is 12. The molecule has 14 heteroatoms. The fourth-order valence-corrected chi connectivity index (χ4v) is 7.22. The quantitative estimate of drug-likeness (QED) is 0.0752. The van der Waals surface area contributed by atoms with Crippen molar-refractivity contribution in [1.82, 2.24) is 10.2 Å². The van der Waals surface area contributed by atoms with E-state index in [0.717, 1.165) is 16.9 Å². The van der Waals surface area contributed by atoms with E-state index in [0.29, 0.717) is 62.6 Å². The number of aliphatic hydroxyl groups is 1. The van der Waals surface area contributed by atoms with E-state index >= 15 is 0 Å². The van der Waals surface area contributed by atoms with Gasteiger partial charge in [-0.2, -0.15) is 0 Å². The summed E-state index contributed by atoms with van der Waals surface area (Å²) in [5, 5.41) is 21.0. The van der Waals surface area contributed by atoms with Crippen LogP contribution in [0.25, 0.3) is 5.76 Å². The third kappa shape index (κ3) is 5.74. The lowest BCUT2D eigenvalue weighted by Gasteiger charge is -2.24. The van der Waals surface area contributed by atoms with Crippen molar-refractivity contribution < 1.29 is 38.4 Å². The van der Waals surface area contributed by atoms with E-state index in [9.17, 15) is 14.7 Å². The summed E-state index contributed by atoms with van der Waals surface area (Å²) in [7, 11) is 4.39. The number of aliphatic hydroxyl groups excluding tert-OH is 1. The number of anilines is 1. The zero-order valence-corrected chi connectivity index (χ0v) is 26.6. The number of thioether (sulfide) groups is 1. The lowest BCUT2D eigenvalue weighted by atomic mass is 9.94. The molecule has 2 aliphatic rings. The molecule has 1 amide bonds. The van der Waals surface area contributed by atoms with Gasteiger partial charge in [0.05, 0.1) is 32.9 Å². The van der Waals surface area contributed by atoms with E-state index in [1.54, 1.807) is 30.3 Å². The van der Waals surface area contributed by atoms with E-state index in [-0.39, 0.29) is 16.3 Å². The minimum absolute atomic E-state index is 0.161. The number of Topliss-reactive ketones (excluding diaryl/α,β-unsaturated/α-hetero) is 1. The number of rotatable bonds is 9. The molecule has 0 spiro atoms. The SMILES string of the molecule is COc1cc(C2/C(=C(\O)c3ccc4c(c3)OCCO4)C(=O)C(=O)N2c2nnc(SCc3ccccc3Cl)s2)cc(OC)c1OC. The Morgan fingerprint density at radius 1 is 1.00 bits per heavy atom. The predicted octanol–water partition coefficient (Wildman–Crippen LogP) is 5.91. The maximum atomic E-state index is 13.7. The molecular weight excluding hydrogens is 642 g/mol. The molecular formula is C31H26ClN3O8S2. The van der Waals surface area contributed by atoms with Crippen LogP contribution in [0, 0.1) is 0 Å². The number of aromatic nitrogens is 2. The van der Waals surface area contributed by atoms with E-state index in [1.807, 2.05) is 24.3 Å². The van der Waals surface area contributed by atoms with Gasteiger partial charge in [0.2, 0.25) is 10.9 Å². The lowest BCUT2D eigenvalue weighted by molar-refractivity contribution is -0.132. The minimum Gasteiger partial charge on any atom is -0.507 e. The standard InChI is InChI=1S/C31H26ClN3O8S2/c1-39-22-13-18(14-23(40-2)28(22)41-3)25-24(26(36)16-8-9-20-21(12-16)43-11-10-42-20)27(37)29(38)35(25)30-33-34-31(45-30)44-15-17-6-4-5-7-19(17)32/h4-9,12-14,25,36H,10-11,15H2,1-3H3/b26-24+. The van der Waals surface area contributed by atoms with Crippen LogP contribution in [0.15, 0.2) is 64.5 Å². The molecule has 45 heavy (non-hydrogen) atoms. The number of ether oxygens (including phenoxy) is 5. The van der Waals surface area contributed by atoms with Gasteiger partial charge in [0, 0.05) is 16.3 Å². The van der Waals surface area contributed by atoms with Gasteiger partial charge in [-0.25, -0.2) is 0 Å². The van der Waals surface area contributed by atoms with Gasteiger partial charge in [0.25, 0.3) is 5.78 Å². The van der Waals surface area contributed by atoms with Crippen LogP contribution in [0.5, 0.6) is 28.7 Å². The summed E-state index contributed by atoms with van der Waals surface area (Å²) in [6.07, 6.45) is 0. The van der Waals surface area contributed by atoms with Gasteiger partial charge in [0.1, 0.15) is 19.0 Å². The van der Waals surface area contributed by atoms with Gasteiger partial charge in [-0.1, -0.05) is 52.9 Å². The van der Waals surface area contributed by atoms with Crippen LogP contribution in [0.1, 0.15) is 22.7 Å². The molecule has 6 rings (SSSR count). The highest BCUT2D eigenvalue weighted by Gasteiger charge is 2.49. The van der Waals surface area contributed by atoms with Crippen LogP contribution < -0.4 is 28.6 Å². The molecule has 0 radical (unpaired) electrons. The highest BCUT2D eigenvalue weighted by molar-refractivity contribution is 8.00. The van der Waals surface area contributed by atoms with E-state index < -0.39 is 23.5 Å². The topological polar surface area (TPSA) is 130 Å². The van der Waals surface area contributed by atoms with Crippen LogP contribution >= 0.6 is 34.7 Å². The molecule has 4 aromatic rings. The van der Waals surface area contributed by atoms with Gasteiger partial charge >= 0.3 is 5.91 Å². The van der Waals surface area contributed by atoms with Crippen molar-refractivity contribution >= 4 is 57.3 Å². The van der Waals surface area contributed by atoms with Gasteiger partial charge in [-0.3, -0.25) is 14.5 Å². The molecule has 1 unspecified atom stereocenters. The van der Waals surface area contributed by atoms with Gasteiger partial charge in [0.15, 0.2) is 27.3 Å². The first-order chi connectivity index (χ1) is 21.8. The first-order valence-corrected chi connectivity index (χ1v) is 15.7. The molecule has 2 aliphatic heterocycles. The maximum absolute atomic E-state index is 13.7. The Hall–Kier alpha value is -4.46. The zero-order chi connectivity index (χ0) is 31.7. The van der Waals surface area contributed by atoms with E-state index in [2.05, 4.69) is 10.2 Å². The summed E-state index contributed by atoms with van der Waals surface area (Å²) in [5.41, 5.74) is 1.43. The Balaban J connectivity index is 1.46. The Bertz CT molecular complexity index is 1800. The van der Waals surface area contributed by atoms with Crippen molar-refractivity contribution in [2.75, 3.05) is 39.4 Å². The average molecular weight is 668 g/mol. The van der Waals surface area contributed by atoms with Crippen molar-refractivity contribution in [3.05, 3.63) is 81.9 Å². The smallest absolute Gasteiger partial charge is 0.301 e. The number of nitrogens with zero attached hydrogens (tertiary/aromatic N) is 3. The number of amides is 1. The monoisotopic (exact) mass is 667 g/mol. The maximum Gasteiger partial charge on any atom is 0.301 e. The Kier molecular flexibility index (Phi) is 8.74. The highest BCUT2D eigenvalue weighted by atomic mass is 35.5. The first kappa shape index (κ1) is 30.6. The van der Waals surface area contributed by atoms with Gasteiger partial charge in [-0.15, -0.1) is 10.2 Å². The Labute approximate surface area is 271 Å². The van der Waals surface area contributed by atoms with Crippen molar-refractivity contribution in [3.63, 3.8) is 0 Å². The van der Waals surface area contributed by atoms with Crippen LogP contribution in [0.3, 0.4) is 0 Å². The fourth-order valence-electron chi connectivity index (χ4n) is 5.06. The predicted molar refractivity (Wildman–Crippen MR) is 169 cm³/mol. The largest absolute Gasteiger partial charge is 0.507 e. The second kappa shape index (κ2) is 12.9. The second-order valence-electron chi connectivity index (χ2n) is 9.72. The van der Waals surface area contributed by atoms with Crippen molar-refractivity contribution in [2.24, 2.45) is 0 Å². The van der Waals surface area contributed by atoms with E-state index in [1.165, 1.54) is 38.0 Å². The Morgan fingerprint density at radius 3 is 2.40 bits per heavy atom. The third-order valence-corrected chi connectivity index (χ3v) is 9.65. The molecule has 1 aromatic heterocycles. The van der Waals surface area contributed by atoms with Gasteiger partial charge in [-0.05, 0) is 47.5 Å². The Morgan fingerprint density at radius 2 is 1.71 bits per heavy atom. The molecule has 1 saturated heterocycles. The number of ketones is 1. The summed E-state index contributed by atoms with van der Waals surface area (Å²) in [6.45, 7) is 0.728. The molecule has 1 N–H and O–H groups in total. The van der Waals surface area contributed by atoms with Crippen LogP contribution in [-0.4, -0.2) is 61.5 Å². The summed E-state index contributed by atoms with van der Waals surface area (Å²) < 4.78 is 28.5. The van der Waals surface area contributed by atoms with Crippen molar-refractivity contribution in [3.8, 4) is 28.7 Å². The summed E-state index contributed by atoms with van der Waals surface area (Å²) in [6, 6.07) is 14.4. The fraction of sp³-hybridized carbons (Fsp3) is 0.226. The molecule has 0 bridgehead atoms. The first-order valence-electron chi connectivity index (χ1n) is 13.5. The molecule has 0 saturated carbocycles. The summed E-state index contributed by atoms with van der Waals surface area (Å²) in [4.78, 5) is 28.7. The van der Waals surface area contributed by atoms with Crippen molar-refractivity contribution in [1.29, 1.82) is 0 Å². The number of fused-ring (bicyclic) bond motifs is 1. The molecule has 1 atom stereocenters. The number of benzene rings is 3. The summed E-state index contributed by atoms with van der Waals surface area (Å²) >= 11 is 8.85. The number of halogens is 1. The number of carbonyl (C=O) groups excluding carboxylic acids is 2. The molecule has 3 heterocycles. The summed E-state index contributed by atoms with van der Waals surface area (Å²) in [5.74, 6) is 0.172. The van der Waals surface area contributed by atoms with Gasteiger partial charge < -0.3 is 28.8 Å². The zero-order valence-electron chi connectivity index (χ0n) is 24.2. The number of methoxy groups -OCH3 is 3. The van der Waals surface area contributed by atoms with Crippen LogP contribution in [0.4, 0.5) is 5.13 Å². The van der Waals surface area contributed by atoms with Crippen LogP contribution in [0.2, 0.25) is 5.02 Å². The number of hydrogen-bond donors (Lipinski definition) is 1. The molecule has 0 aliphatic carbocycles. The lowest BCUT2D eigenvalue weighted by Crippen LogP contribution is -2.29. The molecule has 3 aromatic carbocycles. The van der Waals surface area contributed by atoms with E-state index in [4.69, 9.17) is 35.3 Å². The highest BCUT2D eigenvalue weighted by Crippen LogP contribution is 2.48. The second-order valence-corrected chi connectivity index (χ2v) is 12.3. The normalized spacial score (nSPS) is 17.0. The van der Waals surface area contributed by atoms with Crippen molar-refractivity contribution in [2.45, 2.75) is 16.1 Å². The molecule has 11 nitrogen and oxygen atoms in total. The minimum atomic E-state index is -1.12. The van der Waals surface area contributed by atoms with Crippen LogP contribution in [-0.2, 0) is 15.3 Å². The molecule has 1 fully saturated rings. The average Bonchev–Trinajstić information content (AvgIpc) is 3.64. The third-order valence-electron chi connectivity index (χ3n) is 7.17. The number of carbonyl (C=O) groups is 2.